The molecule has 4 aromatic rings. The first-order valence-corrected chi connectivity index (χ1v) is 9.04. The Labute approximate surface area is 172 Å². The van der Waals surface area contributed by atoms with Crippen LogP contribution in [0.1, 0.15) is 10.5 Å². The standard InChI is InChI=1S/C22H18N4O4/c1-29-17-7-8-21(30-2)18(12-17)14-3-5-15(6-4-14)20-13-26(25-24-20)16-9-10-23-19(11-16)22(27)28/h3-13H,1-2H3,(H,27,28). The molecule has 0 aliphatic rings. The van der Waals surface area contributed by atoms with Crippen LogP contribution in [0.5, 0.6) is 11.5 Å². The van der Waals surface area contributed by atoms with Crippen molar-refractivity contribution in [3.63, 3.8) is 0 Å². The molecule has 0 atom stereocenters. The summed E-state index contributed by atoms with van der Waals surface area (Å²) in [5.74, 6) is 0.401. The van der Waals surface area contributed by atoms with Crippen molar-refractivity contribution in [3.8, 4) is 39.6 Å². The average Bonchev–Trinajstić information content (AvgIpc) is 3.29. The van der Waals surface area contributed by atoms with Crippen molar-refractivity contribution in [2.75, 3.05) is 14.2 Å². The molecule has 0 fully saturated rings. The third-order valence-corrected chi connectivity index (χ3v) is 4.62. The monoisotopic (exact) mass is 402 g/mol. The smallest absolute Gasteiger partial charge is 0.354 e. The lowest BCUT2D eigenvalue weighted by atomic mass is 10.0. The predicted molar refractivity (Wildman–Crippen MR) is 110 cm³/mol. The number of carboxylic acids is 1. The summed E-state index contributed by atoms with van der Waals surface area (Å²) in [4.78, 5) is 14.9. The zero-order valence-electron chi connectivity index (χ0n) is 16.3. The maximum Gasteiger partial charge on any atom is 0.354 e. The SMILES string of the molecule is COc1ccc(OC)c(-c2ccc(-c3cn(-c4ccnc(C(=O)O)c4)nn3)cc2)c1. The molecular weight excluding hydrogens is 384 g/mol. The molecule has 0 bridgehead atoms. The van der Waals surface area contributed by atoms with Gasteiger partial charge in [0.25, 0.3) is 0 Å². The zero-order valence-corrected chi connectivity index (χ0v) is 16.3. The molecule has 2 aromatic carbocycles. The summed E-state index contributed by atoms with van der Waals surface area (Å²) in [6.07, 6.45) is 3.17. The number of methoxy groups -OCH3 is 2. The molecule has 0 amide bonds. The fraction of sp³-hybridized carbons (Fsp3) is 0.0909. The number of carboxylic acid groups (broad SMARTS) is 1. The van der Waals surface area contributed by atoms with E-state index in [1.54, 1.807) is 26.5 Å². The number of carbonyl (C=O) groups is 1. The Kier molecular flexibility index (Phi) is 5.13. The molecule has 30 heavy (non-hydrogen) atoms. The van der Waals surface area contributed by atoms with Crippen molar-refractivity contribution < 1.29 is 19.4 Å². The summed E-state index contributed by atoms with van der Waals surface area (Å²) < 4.78 is 12.3. The first kappa shape index (κ1) is 19.1. The second kappa shape index (κ2) is 8.04. The molecule has 0 aliphatic carbocycles. The van der Waals surface area contributed by atoms with Crippen LogP contribution in [0.2, 0.25) is 0 Å². The third-order valence-electron chi connectivity index (χ3n) is 4.62. The van der Waals surface area contributed by atoms with Crippen LogP contribution in [-0.2, 0) is 0 Å². The summed E-state index contributed by atoms with van der Waals surface area (Å²) in [6, 6.07) is 16.6. The molecule has 4 rings (SSSR count). The van der Waals surface area contributed by atoms with Gasteiger partial charge >= 0.3 is 5.97 Å². The molecule has 8 nitrogen and oxygen atoms in total. The van der Waals surface area contributed by atoms with E-state index in [1.165, 1.54) is 16.9 Å². The lowest BCUT2D eigenvalue weighted by Gasteiger charge is -2.11. The van der Waals surface area contributed by atoms with Gasteiger partial charge in [0, 0.05) is 17.3 Å². The summed E-state index contributed by atoms with van der Waals surface area (Å²) >= 11 is 0. The average molecular weight is 402 g/mol. The van der Waals surface area contributed by atoms with E-state index in [0.717, 1.165) is 28.2 Å². The molecule has 8 heteroatoms. The highest BCUT2D eigenvalue weighted by Crippen LogP contribution is 2.34. The van der Waals surface area contributed by atoms with Crippen LogP contribution in [0.3, 0.4) is 0 Å². The highest BCUT2D eigenvalue weighted by Gasteiger charge is 2.11. The number of aromatic nitrogens is 4. The van der Waals surface area contributed by atoms with E-state index in [4.69, 9.17) is 14.6 Å². The van der Waals surface area contributed by atoms with Gasteiger partial charge in [0.1, 0.15) is 22.9 Å². The lowest BCUT2D eigenvalue weighted by molar-refractivity contribution is 0.0690. The highest BCUT2D eigenvalue weighted by molar-refractivity contribution is 5.85. The van der Waals surface area contributed by atoms with Crippen LogP contribution in [0.25, 0.3) is 28.1 Å². The van der Waals surface area contributed by atoms with Gasteiger partial charge in [0.05, 0.1) is 26.1 Å². The number of hydrogen-bond donors (Lipinski definition) is 1. The minimum absolute atomic E-state index is 0.0545. The summed E-state index contributed by atoms with van der Waals surface area (Å²) in [7, 11) is 3.26. The zero-order chi connectivity index (χ0) is 21.1. The molecule has 0 saturated heterocycles. The number of rotatable bonds is 6. The Morgan fingerprint density at radius 3 is 2.43 bits per heavy atom. The highest BCUT2D eigenvalue weighted by atomic mass is 16.5. The molecule has 0 unspecified atom stereocenters. The van der Waals surface area contributed by atoms with E-state index in [0.29, 0.717) is 11.4 Å². The van der Waals surface area contributed by atoms with E-state index >= 15 is 0 Å². The van der Waals surface area contributed by atoms with Crippen molar-refractivity contribution in [1.82, 2.24) is 20.0 Å². The second-order valence-electron chi connectivity index (χ2n) is 6.40. The fourth-order valence-electron chi connectivity index (χ4n) is 3.06. The van der Waals surface area contributed by atoms with Crippen LogP contribution in [0, 0.1) is 0 Å². The molecule has 0 aliphatic heterocycles. The van der Waals surface area contributed by atoms with Gasteiger partial charge in [-0.15, -0.1) is 5.10 Å². The molecule has 0 spiro atoms. The van der Waals surface area contributed by atoms with Crippen LogP contribution in [0.15, 0.2) is 67.0 Å². The molecule has 150 valence electrons. The van der Waals surface area contributed by atoms with E-state index in [-0.39, 0.29) is 5.69 Å². The van der Waals surface area contributed by atoms with Crippen LogP contribution < -0.4 is 9.47 Å². The van der Waals surface area contributed by atoms with Crippen LogP contribution in [-0.4, -0.2) is 45.3 Å². The lowest BCUT2D eigenvalue weighted by Crippen LogP contribution is -2.03. The van der Waals surface area contributed by atoms with E-state index in [2.05, 4.69) is 15.3 Å². The van der Waals surface area contributed by atoms with Gasteiger partial charge in [-0.1, -0.05) is 29.5 Å². The van der Waals surface area contributed by atoms with Gasteiger partial charge in [-0.3, -0.25) is 0 Å². The molecule has 1 N–H and O–H groups in total. The number of aromatic carboxylic acids is 1. The third kappa shape index (κ3) is 3.70. The first-order valence-electron chi connectivity index (χ1n) is 9.04. The van der Waals surface area contributed by atoms with Gasteiger partial charge < -0.3 is 14.6 Å². The number of ether oxygens (including phenoxy) is 2. The molecule has 0 saturated carbocycles. The molecule has 2 aromatic heterocycles. The summed E-state index contributed by atoms with van der Waals surface area (Å²) in [6.45, 7) is 0. The molecular formula is C22H18N4O4. The van der Waals surface area contributed by atoms with E-state index < -0.39 is 5.97 Å². The van der Waals surface area contributed by atoms with Gasteiger partial charge in [-0.25, -0.2) is 14.5 Å². The van der Waals surface area contributed by atoms with Gasteiger partial charge in [0.2, 0.25) is 0 Å². The van der Waals surface area contributed by atoms with E-state index in [1.807, 2.05) is 42.5 Å². The van der Waals surface area contributed by atoms with E-state index in [9.17, 15) is 4.79 Å². The topological polar surface area (TPSA) is 99.4 Å². The normalized spacial score (nSPS) is 10.6. The minimum Gasteiger partial charge on any atom is -0.497 e. The van der Waals surface area contributed by atoms with Crippen molar-refractivity contribution >= 4 is 5.97 Å². The Morgan fingerprint density at radius 1 is 0.967 bits per heavy atom. The van der Waals surface area contributed by atoms with Crippen molar-refractivity contribution in [3.05, 3.63) is 72.7 Å². The van der Waals surface area contributed by atoms with Crippen molar-refractivity contribution in [2.45, 2.75) is 0 Å². The van der Waals surface area contributed by atoms with Crippen molar-refractivity contribution in [2.24, 2.45) is 0 Å². The van der Waals surface area contributed by atoms with Gasteiger partial charge in [-0.05, 0) is 35.9 Å². The summed E-state index contributed by atoms with van der Waals surface area (Å²) in [5, 5.41) is 17.4. The quantitative estimate of drug-likeness (QED) is 0.525. The Bertz CT molecular complexity index is 1200. The Hall–Kier alpha value is -4.20. The number of benzene rings is 2. The number of pyridine rings is 1. The molecule has 0 radical (unpaired) electrons. The predicted octanol–water partition coefficient (Wildman–Crippen LogP) is 3.71. The van der Waals surface area contributed by atoms with Crippen LogP contribution >= 0.6 is 0 Å². The van der Waals surface area contributed by atoms with Gasteiger partial charge in [-0.2, -0.15) is 0 Å². The Morgan fingerprint density at radius 2 is 1.73 bits per heavy atom. The largest absolute Gasteiger partial charge is 0.497 e. The number of nitrogens with zero attached hydrogens (tertiary/aromatic N) is 4. The first-order chi connectivity index (χ1) is 14.6. The Balaban J connectivity index is 1.63. The maximum absolute atomic E-state index is 11.1. The summed E-state index contributed by atoms with van der Waals surface area (Å²) in [5.41, 5.74) is 3.94. The fourth-order valence-corrected chi connectivity index (χ4v) is 3.06. The maximum atomic E-state index is 11.1. The minimum atomic E-state index is -1.10. The van der Waals surface area contributed by atoms with Crippen molar-refractivity contribution in [1.29, 1.82) is 0 Å². The number of hydrogen-bond acceptors (Lipinski definition) is 6. The van der Waals surface area contributed by atoms with Gasteiger partial charge in [0.15, 0.2) is 0 Å². The van der Waals surface area contributed by atoms with Crippen LogP contribution in [0.4, 0.5) is 0 Å². The molecule has 2 heterocycles. The second-order valence-corrected chi connectivity index (χ2v) is 6.40.